The summed E-state index contributed by atoms with van der Waals surface area (Å²) >= 11 is 12.1. The van der Waals surface area contributed by atoms with Crippen LogP contribution in [0.15, 0.2) is 35.2 Å². The smallest absolute Gasteiger partial charge is 0.263 e. The van der Waals surface area contributed by atoms with Gasteiger partial charge in [0, 0.05) is 5.69 Å². The van der Waals surface area contributed by atoms with E-state index in [1.54, 1.807) is 18.2 Å². The first-order valence-corrected chi connectivity index (χ1v) is 8.91. The molecule has 1 aliphatic rings. The maximum Gasteiger partial charge on any atom is 0.263 e. The number of hydrogen-bond acceptors (Lipinski definition) is 3. The maximum atomic E-state index is 12.6. The topological polar surface area (TPSA) is 75.3 Å². The van der Waals surface area contributed by atoms with E-state index in [2.05, 4.69) is 10.0 Å². The number of amides is 1. The van der Waals surface area contributed by atoms with Gasteiger partial charge in [-0.3, -0.25) is 9.52 Å². The number of nitrogens with one attached hydrogen (secondary N) is 2. The average molecular weight is 371 g/mol. The highest BCUT2D eigenvalue weighted by molar-refractivity contribution is 7.92. The number of anilines is 2. The van der Waals surface area contributed by atoms with Gasteiger partial charge in [0.25, 0.3) is 10.0 Å². The molecule has 0 unspecified atom stereocenters. The number of carbonyl (C=O) groups is 1. The number of halogens is 2. The van der Waals surface area contributed by atoms with Crippen molar-refractivity contribution in [3.8, 4) is 0 Å². The Bertz CT molecular complexity index is 927. The number of hydrogen-bond donors (Lipinski definition) is 2. The van der Waals surface area contributed by atoms with Crippen LogP contribution in [0.4, 0.5) is 11.4 Å². The number of sulfonamides is 1. The molecule has 0 atom stereocenters. The van der Waals surface area contributed by atoms with Crippen LogP contribution in [0.1, 0.15) is 11.1 Å². The molecule has 120 valence electrons. The highest BCUT2D eigenvalue weighted by Crippen LogP contribution is 2.34. The zero-order chi connectivity index (χ0) is 16.8. The van der Waals surface area contributed by atoms with Crippen molar-refractivity contribution in [3.05, 3.63) is 51.5 Å². The van der Waals surface area contributed by atoms with Crippen molar-refractivity contribution in [2.24, 2.45) is 0 Å². The van der Waals surface area contributed by atoms with Crippen molar-refractivity contribution < 1.29 is 13.2 Å². The van der Waals surface area contributed by atoms with Gasteiger partial charge in [-0.2, -0.15) is 0 Å². The summed E-state index contributed by atoms with van der Waals surface area (Å²) in [5, 5.41) is 2.95. The number of rotatable bonds is 3. The average Bonchev–Trinajstić information content (AvgIpc) is 2.80. The van der Waals surface area contributed by atoms with Gasteiger partial charge >= 0.3 is 0 Å². The third kappa shape index (κ3) is 3.15. The fourth-order valence-electron chi connectivity index (χ4n) is 2.33. The lowest BCUT2D eigenvalue weighted by molar-refractivity contribution is -0.115. The number of benzene rings is 2. The standard InChI is InChI=1S/C15H12Cl2N2O3S/c1-8-2-3-12(10(16)4-8)19-23(21,22)14-5-9-6-15(20)18-13(9)7-11(14)17/h2-5,7,19H,6H2,1H3,(H,18,20). The van der Waals surface area contributed by atoms with Crippen LogP contribution >= 0.6 is 23.2 Å². The van der Waals surface area contributed by atoms with E-state index >= 15 is 0 Å². The van der Waals surface area contributed by atoms with Gasteiger partial charge in [0.1, 0.15) is 4.90 Å². The second kappa shape index (κ2) is 5.70. The van der Waals surface area contributed by atoms with Crippen molar-refractivity contribution in [3.63, 3.8) is 0 Å². The summed E-state index contributed by atoms with van der Waals surface area (Å²) in [5.74, 6) is -0.194. The first kappa shape index (κ1) is 16.1. The molecule has 1 heterocycles. The number of fused-ring (bicyclic) bond motifs is 1. The van der Waals surface area contributed by atoms with Crippen molar-refractivity contribution in [2.75, 3.05) is 10.0 Å². The molecule has 0 saturated heterocycles. The van der Waals surface area contributed by atoms with Crippen LogP contribution < -0.4 is 10.0 Å². The van der Waals surface area contributed by atoms with Gasteiger partial charge in [0.15, 0.2) is 0 Å². The lowest BCUT2D eigenvalue weighted by atomic mass is 10.2. The molecule has 2 aromatic rings. The molecule has 0 aliphatic carbocycles. The molecule has 5 nitrogen and oxygen atoms in total. The van der Waals surface area contributed by atoms with E-state index in [1.807, 2.05) is 6.92 Å². The molecule has 0 saturated carbocycles. The second-order valence-electron chi connectivity index (χ2n) is 5.25. The molecule has 8 heteroatoms. The summed E-state index contributed by atoms with van der Waals surface area (Å²) in [6, 6.07) is 7.83. The van der Waals surface area contributed by atoms with Crippen LogP contribution in [0.5, 0.6) is 0 Å². The Morgan fingerprint density at radius 1 is 1.13 bits per heavy atom. The molecule has 3 rings (SSSR count). The summed E-state index contributed by atoms with van der Waals surface area (Å²) in [4.78, 5) is 11.3. The first-order chi connectivity index (χ1) is 10.8. The molecule has 2 N–H and O–H groups in total. The largest absolute Gasteiger partial charge is 0.325 e. The normalized spacial score (nSPS) is 13.6. The fourth-order valence-corrected chi connectivity index (χ4v) is 4.33. The van der Waals surface area contributed by atoms with E-state index in [4.69, 9.17) is 23.2 Å². The van der Waals surface area contributed by atoms with Crippen molar-refractivity contribution in [2.45, 2.75) is 18.2 Å². The Morgan fingerprint density at radius 2 is 1.87 bits per heavy atom. The van der Waals surface area contributed by atoms with E-state index in [9.17, 15) is 13.2 Å². The van der Waals surface area contributed by atoms with Gasteiger partial charge in [-0.25, -0.2) is 8.42 Å². The van der Waals surface area contributed by atoms with Crippen LogP contribution in [0.2, 0.25) is 10.0 Å². The van der Waals surface area contributed by atoms with E-state index in [0.29, 0.717) is 16.3 Å². The highest BCUT2D eigenvalue weighted by atomic mass is 35.5. The summed E-state index contributed by atoms with van der Waals surface area (Å²) in [7, 11) is -3.92. The Balaban J connectivity index is 2.00. The van der Waals surface area contributed by atoms with Gasteiger partial charge in [-0.1, -0.05) is 29.3 Å². The molecule has 23 heavy (non-hydrogen) atoms. The summed E-state index contributed by atoms with van der Waals surface area (Å²) in [5.41, 5.74) is 2.31. The van der Waals surface area contributed by atoms with E-state index in [-0.39, 0.29) is 27.9 Å². The zero-order valence-corrected chi connectivity index (χ0v) is 14.3. The lowest BCUT2D eigenvalue weighted by Crippen LogP contribution is -2.14. The van der Waals surface area contributed by atoms with Crippen LogP contribution in [-0.2, 0) is 21.2 Å². The third-order valence-corrected chi connectivity index (χ3v) is 5.58. The molecule has 0 fully saturated rings. The quantitative estimate of drug-likeness (QED) is 0.866. The van der Waals surface area contributed by atoms with Gasteiger partial charge in [0.2, 0.25) is 5.91 Å². The van der Waals surface area contributed by atoms with Crippen LogP contribution in [0.3, 0.4) is 0 Å². The van der Waals surface area contributed by atoms with Crippen LogP contribution in [0, 0.1) is 6.92 Å². The Hall–Kier alpha value is -1.76. The van der Waals surface area contributed by atoms with E-state index in [1.165, 1.54) is 12.1 Å². The Kier molecular flexibility index (Phi) is 4.00. The summed E-state index contributed by atoms with van der Waals surface area (Å²) in [6.45, 7) is 1.85. The fraction of sp³-hybridized carbons (Fsp3) is 0.133. The van der Waals surface area contributed by atoms with E-state index in [0.717, 1.165) is 5.56 Å². The lowest BCUT2D eigenvalue weighted by Gasteiger charge is -2.12. The SMILES string of the molecule is Cc1ccc(NS(=O)(=O)c2cc3c(cc2Cl)NC(=O)C3)c(Cl)c1. The van der Waals surface area contributed by atoms with Crippen molar-refractivity contribution in [1.82, 2.24) is 0 Å². The summed E-state index contributed by atoms with van der Waals surface area (Å²) in [6.07, 6.45) is 0.125. The molecule has 1 amide bonds. The summed E-state index contributed by atoms with van der Waals surface area (Å²) < 4.78 is 27.6. The molecule has 0 bridgehead atoms. The number of aryl methyl sites for hydroxylation is 1. The Morgan fingerprint density at radius 3 is 2.57 bits per heavy atom. The minimum atomic E-state index is -3.92. The van der Waals surface area contributed by atoms with Gasteiger partial charge in [-0.05, 0) is 42.3 Å². The minimum Gasteiger partial charge on any atom is -0.325 e. The molecule has 1 aliphatic heterocycles. The van der Waals surface area contributed by atoms with Gasteiger partial charge < -0.3 is 5.32 Å². The van der Waals surface area contributed by atoms with Crippen molar-refractivity contribution >= 4 is 50.5 Å². The Labute approximate surface area is 143 Å². The molecule has 0 spiro atoms. The monoisotopic (exact) mass is 370 g/mol. The number of carbonyl (C=O) groups excluding carboxylic acids is 1. The van der Waals surface area contributed by atoms with Crippen LogP contribution in [-0.4, -0.2) is 14.3 Å². The predicted molar refractivity (Wildman–Crippen MR) is 90.8 cm³/mol. The molecule has 0 aromatic heterocycles. The maximum absolute atomic E-state index is 12.6. The van der Waals surface area contributed by atoms with Crippen LogP contribution in [0.25, 0.3) is 0 Å². The second-order valence-corrected chi connectivity index (χ2v) is 7.72. The molecule has 2 aromatic carbocycles. The molecular formula is C15H12Cl2N2O3S. The minimum absolute atomic E-state index is 0.0293. The molecule has 0 radical (unpaired) electrons. The predicted octanol–water partition coefficient (Wildman–Crippen LogP) is 3.60. The first-order valence-electron chi connectivity index (χ1n) is 6.67. The zero-order valence-electron chi connectivity index (χ0n) is 12.0. The van der Waals surface area contributed by atoms with Gasteiger partial charge in [-0.15, -0.1) is 0 Å². The van der Waals surface area contributed by atoms with Crippen molar-refractivity contribution in [1.29, 1.82) is 0 Å². The van der Waals surface area contributed by atoms with Gasteiger partial charge in [0.05, 0.1) is 22.2 Å². The molecular weight excluding hydrogens is 359 g/mol. The third-order valence-electron chi connectivity index (χ3n) is 3.44. The van der Waals surface area contributed by atoms with E-state index < -0.39 is 10.0 Å². The highest BCUT2D eigenvalue weighted by Gasteiger charge is 2.25.